The molecule has 24 heavy (non-hydrogen) atoms. The van der Waals surface area contributed by atoms with Gasteiger partial charge in [0.25, 0.3) is 5.91 Å². The van der Waals surface area contributed by atoms with Crippen LogP contribution in [0.4, 0.5) is 13.6 Å². The van der Waals surface area contributed by atoms with E-state index in [1.165, 1.54) is 11.0 Å². The summed E-state index contributed by atoms with van der Waals surface area (Å²) in [7, 11) is 0. The number of carbonyl (C=O) groups is 2. The topological polar surface area (TPSA) is 61.4 Å². The number of nitrogens with zero attached hydrogens (tertiary/aromatic N) is 1. The lowest BCUT2D eigenvalue weighted by Crippen LogP contribution is -2.44. The molecule has 5 nitrogen and oxygen atoms in total. The standard InChI is InChI=1S/C17H21F2N3O2/c18-13-5-4-12(10-14(13)19)11-20-8-3-9-22-15(23)17(21-16(22)24)6-1-2-7-17/h4-5,10,20H,1-3,6-9,11H2,(H,21,24). The van der Waals surface area contributed by atoms with Crippen LogP contribution in [-0.4, -0.2) is 35.5 Å². The molecule has 2 fully saturated rings. The van der Waals surface area contributed by atoms with Gasteiger partial charge in [0.05, 0.1) is 0 Å². The van der Waals surface area contributed by atoms with E-state index in [9.17, 15) is 18.4 Å². The van der Waals surface area contributed by atoms with Gasteiger partial charge < -0.3 is 10.6 Å². The molecule has 1 aliphatic heterocycles. The summed E-state index contributed by atoms with van der Waals surface area (Å²) in [5.41, 5.74) is -0.00956. The summed E-state index contributed by atoms with van der Waals surface area (Å²) in [6.45, 7) is 1.33. The maximum Gasteiger partial charge on any atom is 0.325 e. The Kier molecular flexibility index (Phi) is 4.80. The van der Waals surface area contributed by atoms with E-state index in [2.05, 4.69) is 10.6 Å². The molecule has 3 rings (SSSR count). The predicted octanol–water partition coefficient (Wildman–Crippen LogP) is 2.31. The van der Waals surface area contributed by atoms with Gasteiger partial charge in [-0.3, -0.25) is 9.69 Å². The summed E-state index contributed by atoms with van der Waals surface area (Å²) in [4.78, 5) is 25.7. The molecule has 0 aromatic heterocycles. The maximum absolute atomic E-state index is 13.1. The van der Waals surface area contributed by atoms with Crippen molar-refractivity contribution < 1.29 is 18.4 Å². The van der Waals surface area contributed by atoms with Gasteiger partial charge in [0.15, 0.2) is 11.6 Å². The number of hydrogen-bond acceptors (Lipinski definition) is 3. The Labute approximate surface area is 139 Å². The second-order valence-corrected chi connectivity index (χ2v) is 6.45. The van der Waals surface area contributed by atoms with Crippen molar-refractivity contribution in [2.24, 2.45) is 0 Å². The van der Waals surface area contributed by atoms with Gasteiger partial charge in [0, 0.05) is 13.1 Å². The van der Waals surface area contributed by atoms with Crippen molar-refractivity contribution >= 4 is 11.9 Å². The van der Waals surface area contributed by atoms with Crippen LogP contribution in [-0.2, 0) is 11.3 Å². The highest BCUT2D eigenvalue weighted by Gasteiger charge is 2.51. The molecule has 2 N–H and O–H groups in total. The molecule has 1 saturated heterocycles. The average Bonchev–Trinajstić information content (AvgIpc) is 3.11. The van der Waals surface area contributed by atoms with Crippen LogP contribution in [0.3, 0.4) is 0 Å². The third kappa shape index (κ3) is 3.26. The monoisotopic (exact) mass is 337 g/mol. The molecule has 0 unspecified atom stereocenters. The van der Waals surface area contributed by atoms with Crippen molar-refractivity contribution in [2.75, 3.05) is 13.1 Å². The minimum absolute atomic E-state index is 0.106. The van der Waals surface area contributed by atoms with Crippen LogP contribution in [0.25, 0.3) is 0 Å². The summed E-state index contributed by atoms with van der Waals surface area (Å²) in [5.74, 6) is -1.83. The first-order chi connectivity index (χ1) is 11.5. The second kappa shape index (κ2) is 6.84. The van der Waals surface area contributed by atoms with Gasteiger partial charge >= 0.3 is 6.03 Å². The van der Waals surface area contributed by atoms with E-state index in [0.717, 1.165) is 37.8 Å². The largest absolute Gasteiger partial charge is 0.325 e. The van der Waals surface area contributed by atoms with Crippen molar-refractivity contribution in [1.29, 1.82) is 0 Å². The second-order valence-electron chi connectivity index (χ2n) is 6.45. The van der Waals surface area contributed by atoms with Gasteiger partial charge in [-0.05, 0) is 43.5 Å². The number of rotatable bonds is 6. The molecule has 1 spiro atoms. The molecule has 0 radical (unpaired) electrons. The molecule has 0 bridgehead atoms. The van der Waals surface area contributed by atoms with E-state index in [1.807, 2.05) is 0 Å². The van der Waals surface area contributed by atoms with E-state index >= 15 is 0 Å². The molecule has 0 atom stereocenters. The van der Waals surface area contributed by atoms with Crippen molar-refractivity contribution in [3.8, 4) is 0 Å². The zero-order chi connectivity index (χ0) is 17.2. The first-order valence-electron chi connectivity index (χ1n) is 8.31. The lowest BCUT2D eigenvalue weighted by atomic mass is 9.98. The number of hydrogen-bond donors (Lipinski definition) is 2. The highest BCUT2D eigenvalue weighted by atomic mass is 19.2. The van der Waals surface area contributed by atoms with Gasteiger partial charge in [-0.15, -0.1) is 0 Å². The summed E-state index contributed by atoms with van der Waals surface area (Å²) < 4.78 is 25.9. The van der Waals surface area contributed by atoms with Crippen LogP contribution in [0.15, 0.2) is 18.2 Å². The smallest absolute Gasteiger partial charge is 0.323 e. The zero-order valence-electron chi connectivity index (χ0n) is 13.4. The Morgan fingerprint density at radius 2 is 1.92 bits per heavy atom. The lowest BCUT2D eigenvalue weighted by Gasteiger charge is -2.20. The SMILES string of the molecule is O=C1NC2(CCCC2)C(=O)N1CCCNCc1ccc(F)c(F)c1. The average molecular weight is 337 g/mol. The molecule has 130 valence electrons. The summed E-state index contributed by atoms with van der Waals surface area (Å²) in [6.07, 6.45) is 4.00. The van der Waals surface area contributed by atoms with Crippen molar-refractivity contribution in [3.63, 3.8) is 0 Å². The van der Waals surface area contributed by atoms with Gasteiger partial charge in [0.1, 0.15) is 5.54 Å². The molecular formula is C17H21F2N3O2. The number of imide groups is 1. The van der Waals surface area contributed by atoms with Crippen molar-refractivity contribution in [1.82, 2.24) is 15.5 Å². The fourth-order valence-corrected chi connectivity index (χ4v) is 3.44. The molecule has 1 aliphatic carbocycles. The molecule has 7 heteroatoms. The van der Waals surface area contributed by atoms with Gasteiger partial charge in [-0.1, -0.05) is 18.9 Å². The number of halogens is 2. The normalized spacial score (nSPS) is 19.3. The Bertz CT molecular complexity index is 645. The quantitative estimate of drug-likeness (QED) is 0.619. The minimum atomic E-state index is -0.865. The number of benzene rings is 1. The van der Waals surface area contributed by atoms with E-state index in [0.29, 0.717) is 31.6 Å². The summed E-state index contributed by atoms with van der Waals surface area (Å²) in [6, 6.07) is 3.47. The third-order valence-corrected chi connectivity index (χ3v) is 4.75. The number of amides is 3. The van der Waals surface area contributed by atoms with Gasteiger partial charge in [0.2, 0.25) is 0 Å². The molecule has 1 saturated carbocycles. The molecule has 1 aromatic carbocycles. The summed E-state index contributed by atoms with van der Waals surface area (Å²) >= 11 is 0. The lowest BCUT2D eigenvalue weighted by molar-refractivity contribution is -0.131. The van der Waals surface area contributed by atoms with Crippen LogP contribution in [0.2, 0.25) is 0 Å². The fraction of sp³-hybridized carbons (Fsp3) is 0.529. The molecule has 2 aliphatic rings. The van der Waals surface area contributed by atoms with Gasteiger partial charge in [-0.25, -0.2) is 13.6 Å². The number of carbonyl (C=O) groups excluding carboxylic acids is 2. The molecule has 3 amide bonds. The zero-order valence-corrected chi connectivity index (χ0v) is 13.4. The van der Waals surface area contributed by atoms with Crippen LogP contribution >= 0.6 is 0 Å². The fourth-order valence-electron chi connectivity index (χ4n) is 3.44. The Morgan fingerprint density at radius 1 is 1.17 bits per heavy atom. The Hall–Kier alpha value is -2.02. The maximum atomic E-state index is 13.1. The van der Waals surface area contributed by atoms with Crippen LogP contribution < -0.4 is 10.6 Å². The van der Waals surface area contributed by atoms with Crippen molar-refractivity contribution in [2.45, 2.75) is 44.2 Å². The number of nitrogens with one attached hydrogen (secondary N) is 2. The van der Waals surface area contributed by atoms with E-state index < -0.39 is 17.2 Å². The van der Waals surface area contributed by atoms with Gasteiger partial charge in [-0.2, -0.15) is 0 Å². The Balaban J connectivity index is 1.42. The van der Waals surface area contributed by atoms with Crippen LogP contribution in [0.1, 0.15) is 37.7 Å². The molecule has 1 heterocycles. The predicted molar refractivity (Wildman–Crippen MR) is 84.1 cm³/mol. The van der Waals surface area contributed by atoms with Crippen LogP contribution in [0, 0.1) is 11.6 Å². The van der Waals surface area contributed by atoms with E-state index in [4.69, 9.17) is 0 Å². The Morgan fingerprint density at radius 3 is 2.62 bits per heavy atom. The van der Waals surface area contributed by atoms with E-state index in [1.54, 1.807) is 0 Å². The number of urea groups is 1. The highest BCUT2D eigenvalue weighted by molar-refractivity contribution is 6.07. The van der Waals surface area contributed by atoms with Crippen molar-refractivity contribution in [3.05, 3.63) is 35.4 Å². The molecule has 1 aromatic rings. The molecular weight excluding hydrogens is 316 g/mol. The third-order valence-electron chi connectivity index (χ3n) is 4.75. The summed E-state index contributed by atoms with van der Waals surface area (Å²) in [5, 5.41) is 5.95. The minimum Gasteiger partial charge on any atom is -0.323 e. The first kappa shape index (κ1) is 16.8. The van der Waals surface area contributed by atoms with Crippen LogP contribution in [0.5, 0.6) is 0 Å². The van der Waals surface area contributed by atoms with E-state index in [-0.39, 0.29) is 11.9 Å². The highest BCUT2D eigenvalue weighted by Crippen LogP contribution is 2.34. The first-order valence-corrected chi connectivity index (χ1v) is 8.31.